The third kappa shape index (κ3) is 3.37. The molecule has 0 aromatic carbocycles. The van der Waals surface area contributed by atoms with E-state index in [1.165, 1.54) is 0 Å². The predicted molar refractivity (Wildman–Crippen MR) is 71.7 cm³/mol. The van der Waals surface area contributed by atoms with Gasteiger partial charge in [-0.3, -0.25) is 0 Å². The second-order valence-electron chi connectivity index (χ2n) is 3.86. The monoisotopic (exact) mass is 286 g/mol. The van der Waals surface area contributed by atoms with Gasteiger partial charge in [0.2, 0.25) is 0 Å². The van der Waals surface area contributed by atoms with Crippen LogP contribution in [-0.4, -0.2) is 30.0 Å². The van der Waals surface area contributed by atoms with Crippen molar-refractivity contribution in [1.29, 1.82) is 0 Å². The third-order valence-electron chi connectivity index (χ3n) is 2.40. The number of hydrogen-bond acceptors (Lipinski definition) is 3. The van der Waals surface area contributed by atoms with Crippen molar-refractivity contribution in [1.82, 2.24) is 4.98 Å². The molecule has 1 aromatic heterocycles. The molecule has 0 aliphatic heterocycles. The standard InChI is InChI=1S/C12H19BrN2O/c1-10(2)15(9-5-7-13)12-11(16-3)6-4-8-14-12/h4,6,8,10H,5,7,9H2,1-3H3. The Morgan fingerprint density at radius 3 is 2.81 bits per heavy atom. The Hall–Kier alpha value is -0.770. The van der Waals surface area contributed by atoms with Crippen LogP contribution in [0.3, 0.4) is 0 Å². The van der Waals surface area contributed by atoms with Crippen LogP contribution >= 0.6 is 15.9 Å². The summed E-state index contributed by atoms with van der Waals surface area (Å²) in [5.74, 6) is 1.77. The van der Waals surface area contributed by atoms with Crippen molar-refractivity contribution in [3.63, 3.8) is 0 Å². The van der Waals surface area contributed by atoms with Crippen molar-refractivity contribution in [2.24, 2.45) is 0 Å². The highest BCUT2D eigenvalue weighted by atomic mass is 79.9. The van der Waals surface area contributed by atoms with Gasteiger partial charge in [-0.15, -0.1) is 0 Å². The van der Waals surface area contributed by atoms with Crippen molar-refractivity contribution >= 4 is 21.7 Å². The summed E-state index contributed by atoms with van der Waals surface area (Å²) < 4.78 is 5.34. The molecule has 0 aliphatic rings. The van der Waals surface area contributed by atoms with Gasteiger partial charge in [-0.1, -0.05) is 15.9 Å². The van der Waals surface area contributed by atoms with E-state index in [9.17, 15) is 0 Å². The maximum absolute atomic E-state index is 5.34. The molecule has 0 saturated heterocycles. The molecule has 4 heteroatoms. The number of methoxy groups -OCH3 is 1. The predicted octanol–water partition coefficient (Wildman–Crippen LogP) is 3.09. The molecule has 1 rings (SSSR count). The van der Waals surface area contributed by atoms with Gasteiger partial charge in [0, 0.05) is 24.1 Å². The third-order valence-corrected chi connectivity index (χ3v) is 2.96. The largest absolute Gasteiger partial charge is 0.493 e. The molecule has 0 spiro atoms. The summed E-state index contributed by atoms with van der Waals surface area (Å²) in [7, 11) is 1.68. The summed E-state index contributed by atoms with van der Waals surface area (Å²) in [4.78, 5) is 6.67. The first kappa shape index (κ1) is 13.3. The van der Waals surface area contributed by atoms with Gasteiger partial charge in [-0.25, -0.2) is 4.98 Å². The van der Waals surface area contributed by atoms with Crippen molar-refractivity contribution in [3.05, 3.63) is 18.3 Å². The highest BCUT2D eigenvalue weighted by Gasteiger charge is 2.15. The normalized spacial score (nSPS) is 10.6. The molecule has 1 aromatic rings. The van der Waals surface area contributed by atoms with Crippen molar-refractivity contribution < 1.29 is 4.74 Å². The molecule has 0 radical (unpaired) electrons. The van der Waals surface area contributed by atoms with Gasteiger partial charge in [0.15, 0.2) is 11.6 Å². The fraction of sp³-hybridized carbons (Fsp3) is 0.583. The quantitative estimate of drug-likeness (QED) is 0.752. The molecule has 16 heavy (non-hydrogen) atoms. The van der Waals surface area contributed by atoms with Crippen LogP contribution in [0.25, 0.3) is 0 Å². The van der Waals surface area contributed by atoms with E-state index in [-0.39, 0.29) is 0 Å². The van der Waals surface area contributed by atoms with Crippen LogP contribution < -0.4 is 9.64 Å². The minimum atomic E-state index is 0.419. The van der Waals surface area contributed by atoms with Crippen LogP contribution in [0.1, 0.15) is 20.3 Å². The zero-order valence-corrected chi connectivity index (χ0v) is 11.7. The smallest absolute Gasteiger partial charge is 0.171 e. The first-order valence-corrected chi connectivity index (χ1v) is 6.64. The maximum atomic E-state index is 5.34. The van der Waals surface area contributed by atoms with Crippen LogP contribution in [-0.2, 0) is 0 Å². The number of nitrogens with zero attached hydrogens (tertiary/aromatic N) is 2. The summed E-state index contributed by atoms with van der Waals surface area (Å²) >= 11 is 3.46. The van der Waals surface area contributed by atoms with Crippen molar-refractivity contribution in [3.8, 4) is 5.75 Å². The average Bonchev–Trinajstić information content (AvgIpc) is 2.29. The van der Waals surface area contributed by atoms with Gasteiger partial charge in [-0.05, 0) is 32.4 Å². The number of halogens is 1. The molecule has 1 heterocycles. The van der Waals surface area contributed by atoms with E-state index in [4.69, 9.17) is 4.74 Å². The Labute approximate surface area is 106 Å². The molecule has 3 nitrogen and oxygen atoms in total. The van der Waals surface area contributed by atoms with Crippen LogP contribution in [0.5, 0.6) is 5.75 Å². The Kier molecular flexibility index (Phi) is 5.60. The average molecular weight is 287 g/mol. The number of alkyl halides is 1. The molecule has 0 amide bonds. The molecule has 0 saturated carbocycles. The van der Waals surface area contributed by atoms with E-state index in [0.29, 0.717) is 6.04 Å². The number of anilines is 1. The van der Waals surface area contributed by atoms with Gasteiger partial charge >= 0.3 is 0 Å². The van der Waals surface area contributed by atoms with Crippen molar-refractivity contribution in [2.45, 2.75) is 26.3 Å². The fourth-order valence-corrected chi connectivity index (χ4v) is 1.85. The highest BCUT2D eigenvalue weighted by molar-refractivity contribution is 9.09. The lowest BCUT2D eigenvalue weighted by Crippen LogP contribution is -2.33. The Morgan fingerprint density at radius 1 is 1.50 bits per heavy atom. The van der Waals surface area contributed by atoms with E-state index < -0.39 is 0 Å². The summed E-state index contributed by atoms with van der Waals surface area (Å²) in [5, 5.41) is 1.01. The first-order chi connectivity index (χ1) is 7.70. The zero-order valence-electron chi connectivity index (χ0n) is 10.1. The lowest BCUT2D eigenvalue weighted by molar-refractivity contribution is 0.411. The Bertz CT molecular complexity index is 318. The number of pyridine rings is 1. The molecule has 0 fully saturated rings. The summed E-state index contributed by atoms with van der Waals surface area (Å²) in [6.07, 6.45) is 2.90. The number of aromatic nitrogens is 1. The lowest BCUT2D eigenvalue weighted by Gasteiger charge is -2.28. The van der Waals surface area contributed by atoms with Gasteiger partial charge in [-0.2, -0.15) is 0 Å². The molecular weight excluding hydrogens is 268 g/mol. The molecule has 0 aliphatic carbocycles. The molecule has 0 bridgehead atoms. The second kappa shape index (κ2) is 6.74. The topological polar surface area (TPSA) is 25.4 Å². The number of rotatable bonds is 6. The van der Waals surface area contributed by atoms with E-state index in [0.717, 1.165) is 29.9 Å². The minimum Gasteiger partial charge on any atom is -0.493 e. The van der Waals surface area contributed by atoms with Crippen LogP contribution in [0.15, 0.2) is 18.3 Å². The van der Waals surface area contributed by atoms with Gasteiger partial charge in [0.1, 0.15) is 0 Å². The van der Waals surface area contributed by atoms with Gasteiger partial charge in [0.05, 0.1) is 7.11 Å². The number of ether oxygens (including phenoxy) is 1. The molecule has 0 N–H and O–H groups in total. The van der Waals surface area contributed by atoms with Crippen LogP contribution in [0, 0.1) is 0 Å². The van der Waals surface area contributed by atoms with Crippen LogP contribution in [0.2, 0.25) is 0 Å². The molecular formula is C12H19BrN2O. The van der Waals surface area contributed by atoms with E-state index >= 15 is 0 Å². The Morgan fingerprint density at radius 2 is 2.25 bits per heavy atom. The zero-order chi connectivity index (χ0) is 12.0. The summed E-state index contributed by atoms with van der Waals surface area (Å²) in [6, 6.07) is 4.26. The second-order valence-corrected chi connectivity index (χ2v) is 4.65. The highest BCUT2D eigenvalue weighted by Crippen LogP contribution is 2.26. The first-order valence-electron chi connectivity index (χ1n) is 5.52. The maximum Gasteiger partial charge on any atom is 0.171 e. The van der Waals surface area contributed by atoms with Crippen LogP contribution in [0.4, 0.5) is 5.82 Å². The SMILES string of the molecule is COc1cccnc1N(CCCBr)C(C)C. The van der Waals surface area contributed by atoms with E-state index in [2.05, 4.69) is 39.7 Å². The minimum absolute atomic E-state index is 0.419. The lowest BCUT2D eigenvalue weighted by atomic mass is 10.2. The van der Waals surface area contributed by atoms with Crippen molar-refractivity contribution in [2.75, 3.05) is 23.9 Å². The van der Waals surface area contributed by atoms with E-state index in [1.807, 2.05) is 12.1 Å². The summed E-state index contributed by atoms with van der Waals surface area (Å²) in [5.41, 5.74) is 0. The van der Waals surface area contributed by atoms with Gasteiger partial charge < -0.3 is 9.64 Å². The summed E-state index contributed by atoms with van der Waals surface area (Å²) in [6.45, 7) is 5.32. The fourth-order valence-electron chi connectivity index (χ4n) is 1.60. The number of hydrogen-bond donors (Lipinski definition) is 0. The molecule has 0 atom stereocenters. The molecule has 0 unspecified atom stereocenters. The molecule has 90 valence electrons. The van der Waals surface area contributed by atoms with E-state index in [1.54, 1.807) is 13.3 Å². The van der Waals surface area contributed by atoms with Gasteiger partial charge in [0.25, 0.3) is 0 Å². The Balaban J connectivity index is 2.91.